The van der Waals surface area contributed by atoms with E-state index in [0.29, 0.717) is 23.2 Å². The van der Waals surface area contributed by atoms with Crippen molar-refractivity contribution >= 4 is 34.8 Å². The van der Waals surface area contributed by atoms with E-state index < -0.39 is 0 Å². The summed E-state index contributed by atoms with van der Waals surface area (Å²) in [6.07, 6.45) is 1.61. The second-order valence-electron chi connectivity index (χ2n) is 3.61. The molecule has 3 N–H and O–H groups in total. The Morgan fingerprint density at radius 1 is 1.39 bits per heavy atom. The third-order valence-electron chi connectivity index (χ3n) is 2.25. The molecule has 18 heavy (non-hydrogen) atoms. The molecule has 0 saturated heterocycles. The van der Waals surface area contributed by atoms with Gasteiger partial charge < -0.3 is 11.1 Å². The van der Waals surface area contributed by atoms with Crippen LogP contribution in [0.2, 0.25) is 5.02 Å². The number of hydrogen-bond acceptors (Lipinski definition) is 4. The van der Waals surface area contributed by atoms with Gasteiger partial charge in [-0.15, -0.1) is 0 Å². The highest BCUT2D eigenvalue weighted by atomic mass is 35.5. The lowest BCUT2D eigenvalue weighted by atomic mass is 10.2. The summed E-state index contributed by atoms with van der Waals surface area (Å²) >= 11 is 10.8. The van der Waals surface area contributed by atoms with Crippen molar-refractivity contribution in [3.63, 3.8) is 0 Å². The molecule has 0 fully saturated rings. The summed E-state index contributed by atoms with van der Waals surface area (Å²) in [5.41, 5.74) is 7.10. The van der Waals surface area contributed by atoms with Gasteiger partial charge in [-0.1, -0.05) is 36.0 Å². The van der Waals surface area contributed by atoms with Gasteiger partial charge >= 0.3 is 0 Å². The fourth-order valence-electron chi connectivity index (χ4n) is 1.41. The maximum atomic E-state index is 5.90. The molecule has 0 spiro atoms. The summed E-state index contributed by atoms with van der Waals surface area (Å²) in [6, 6.07) is 9.25. The minimum Gasteiger partial charge on any atom is -0.388 e. The molecule has 1 aromatic carbocycles. The van der Waals surface area contributed by atoms with Crippen molar-refractivity contribution in [2.75, 3.05) is 5.32 Å². The number of nitrogens with zero attached hydrogens (tertiary/aromatic N) is 2. The molecule has 0 unspecified atom stereocenters. The van der Waals surface area contributed by atoms with Crippen LogP contribution in [0.4, 0.5) is 5.95 Å². The Morgan fingerprint density at radius 2 is 2.22 bits per heavy atom. The van der Waals surface area contributed by atoms with Crippen molar-refractivity contribution in [1.29, 1.82) is 0 Å². The highest BCUT2D eigenvalue weighted by Crippen LogP contribution is 2.11. The zero-order valence-corrected chi connectivity index (χ0v) is 11.0. The lowest BCUT2D eigenvalue weighted by molar-refractivity contribution is 1.05. The van der Waals surface area contributed by atoms with E-state index in [1.165, 1.54) is 0 Å². The van der Waals surface area contributed by atoms with Crippen molar-refractivity contribution in [3.05, 3.63) is 52.8 Å². The fraction of sp³-hybridized carbons (Fsp3) is 0.0833. The van der Waals surface area contributed by atoms with Crippen molar-refractivity contribution in [2.24, 2.45) is 5.73 Å². The third-order valence-corrected chi connectivity index (χ3v) is 2.69. The molecule has 0 aliphatic carbocycles. The highest BCUT2D eigenvalue weighted by Gasteiger charge is 2.01. The van der Waals surface area contributed by atoms with Crippen molar-refractivity contribution in [1.82, 2.24) is 9.97 Å². The Labute approximate surface area is 115 Å². The average molecular weight is 279 g/mol. The van der Waals surface area contributed by atoms with Gasteiger partial charge in [0.05, 0.1) is 0 Å². The zero-order chi connectivity index (χ0) is 13.0. The fourth-order valence-corrected chi connectivity index (χ4v) is 1.74. The lowest BCUT2D eigenvalue weighted by Crippen LogP contribution is -2.13. The average Bonchev–Trinajstić information content (AvgIpc) is 2.37. The van der Waals surface area contributed by atoms with Gasteiger partial charge in [0, 0.05) is 17.8 Å². The van der Waals surface area contributed by atoms with Crippen LogP contribution >= 0.6 is 23.8 Å². The van der Waals surface area contributed by atoms with Crippen LogP contribution in [0.25, 0.3) is 0 Å². The normalized spacial score (nSPS) is 10.1. The van der Waals surface area contributed by atoms with E-state index >= 15 is 0 Å². The number of benzene rings is 1. The number of nitrogens with two attached hydrogens (primary N) is 1. The minimum absolute atomic E-state index is 0.253. The molecule has 4 nitrogen and oxygen atoms in total. The second kappa shape index (κ2) is 5.75. The molecule has 0 saturated carbocycles. The van der Waals surface area contributed by atoms with Crippen LogP contribution in [-0.2, 0) is 6.54 Å². The zero-order valence-electron chi connectivity index (χ0n) is 9.43. The standard InChI is InChI=1S/C12H11ClN4S/c13-9-3-1-2-8(6-9)7-16-12-15-5-4-10(17-12)11(14)18/h1-6H,7H2,(H2,14,18)(H,15,16,17). The molecule has 2 rings (SSSR count). The molecule has 0 radical (unpaired) electrons. The second-order valence-corrected chi connectivity index (χ2v) is 4.49. The van der Waals surface area contributed by atoms with Gasteiger partial charge in [-0.05, 0) is 23.8 Å². The van der Waals surface area contributed by atoms with Gasteiger partial charge in [-0.25, -0.2) is 9.97 Å². The van der Waals surface area contributed by atoms with Gasteiger partial charge in [-0.3, -0.25) is 0 Å². The van der Waals surface area contributed by atoms with Crippen LogP contribution in [0.5, 0.6) is 0 Å². The quantitative estimate of drug-likeness (QED) is 0.841. The van der Waals surface area contributed by atoms with Gasteiger partial charge in [0.2, 0.25) is 5.95 Å². The van der Waals surface area contributed by atoms with Crippen LogP contribution in [0.3, 0.4) is 0 Å². The summed E-state index contributed by atoms with van der Waals surface area (Å²) in [5.74, 6) is 0.486. The predicted molar refractivity (Wildman–Crippen MR) is 76.7 cm³/mol. The van der Waals surface area contributed by atoms with E-state index in [1.807, 2.05) is 24.3 Å². The number of anilines is 1. The summed E-state index contributed by atoms with van der Waals surface area (Å²) in [5, 5.41) is 3.79. The van der Waals surface area contributed by atoms with Crippen LogP contribution in [-0.4, -0.2) is 15.0 Å². The lowest BCUT2D eigenvalue weighted by Gasteiger charge is -2.06. The van der Waals surface area contributed by atoms with E-state index in [1.54, 1.807) is 12.3 Å². The van der Waals surface area contributed by atoms with E-state index in [0.717, 1.165) is 5.56 Å². The molecule has 0 aliphatic heterocycles. The third kappa shape index (κ3) is 3.38. The molecule has 0 aliphatic rings. The first-order chi connectivity index (χ1) is 8.65. The number of rotatable bonds is 4. The van der Waals surface area contributed by atoms with Crippen molar-refractivity contribution < 1.29 is 0 Å². The number of nitrogens with one attached hydrogen (secondary N) is 1. The highest BCUT2D eigenvalue weighted by molar-refractivity contribution is 7.80. The summed E-state index contributed by atoms with van der Waals surface area (Å²) in [6.45, 7) is 0.585. The van der Waals surface area contributed by atoms with Crippen molar-refractivity contribution in [3.8, 4) is 0 Å². The smallest absolute Gasteiger partial charge is 0.223 e. The van der Waals surface area contributed by atoms with Crippen LogP contribution in [0.1, 0.15) is 11.3 Å². The van der Waals surface area contributed by atoms with E-state index in [-0.39, 0.29) is 4.99 Å². The Bertz CT molecular complexity index is 574. The molecular formula is C12H11ClN4S. The first kappa shape index (κ1) is 12.7. The first-order valence-corrected chi connectivity index (χ1v) is 6.05. The van der Waals surface area contributed by atoms with E-state index in [9.17, 15) is 0 Å². The maximum absolute atomic E-state index is 5.90. The topological polar surface area (TPSA) is 63.8 Å². The van der Waals surface area contributed by atoms with Crippen LogP contribution in [0.15, 0.2) is 36.5 Å². The summed E-state index contributed by atoms with van der Waals surface area (Å²) in [4.78, 5) is 8.53. The molecular weight excluding hydrogens is 268 g/mol. The SMILES string of the molecule is NC(=S)c1ccnc(NCc2cccc(Cl)c2)n1. The monoisotopic (exact) mass is 278 g/mol. The number of hydrogen-bond donors (Lipinski definition) is 2. The first-order valence-electron chi connectivity index (χ1n) is 5.26. The molecule has 92 valence electrons. The number of thiocarbonyl (C=S) groups is 1. The molecule has 2 aromatic rings. The van der Waals surface area contributed by atoms with Gasteiger partial charge in [0.1, 0.15) is 10.7 Å². The van der Waals surface area contributed by atoms with E-state index in [2.05, 4.69) is 15.3 Å². The molecule has 1 aromatic heterocycles. The number of aromatic nitrogens is 2. The van der Waals surface area contributed by atoms with Crippen molar-refractivity contribution in [2.45, 2.75) is 6.54 Å². The van der Waals surface area contributed by atoms with Gasteiger partial charge in [-0.2, -0.15) is 0 Å². The summed E-state index contributed by atoms with van der Waals surface area (Å²) in [7, 11) is 0. The Kier molecular flexibility index (Phi) is 4.07. The molecule has 0 atom stereocenters. The molecule has 0 amide bonds. The molecule has 0 bridgehead atoms. The molecule has 1 heterocycles. The Balaban J connectivity index is 2.06. The van der Waals surface area contributed by atoms with Crippen LogP contribution < -0.4 is 11.1 Å². The largest absolute Gasteiger partial charge is 0.388 e. The Morgan fingerprint density at radius 3 is 2.94 bits per heavy atom. The molecule has 6 heteroatoms. The van der Waals surface area contributed by atoms with Gasteiger partial charge in [0.25, 0.3) is 0 Å². The maximum Gasteiger partial charge on any atom is 0.223 e. The van der Waals surface area contributed by atoms with E-state index in [4.69, 9.17) is 29.6 Å². The van der Waals surface area contributed by atoms with Crippen LogP contribution in [0, 0.1) is 0 Å². The summed E-state index contributed by atoms with van der Waals surface area (Å²) < 4.78 is 0. The number of halogens is 1. The van der Waals surface area contributed by atoms with Gasteiger partial charge in [0.15, 0.2) is 0 Å². The Hall–Kier alpha value is -1.72. The predicted octanol–water partition coefficient (Wildman–Crippen LogP) is 2.38. The minimum atomic E-state index is 0.253.